The molecule has 92 valence electrons. The first-order chi connectivity index (χ1) is 8.00. The van der Waals surface area contributed by atoms with E-state index in [-0.39, 0.29) is 17.2 Å². The topological polar surface area (TPSA) is 61.4 Å². The molecule has 2 rings (SSSR count). The van der Waals surface area contributed by atoms with Crippen LogP contribution in [-0.2, 0) is 0 Å². The molecule has 1 aliphatic heterocycles. The molecule has 0 aliphatic carbocycles. The molecule has 3 N–H and O–H groups in total. The van der Waals surface area contributed by atoms with Crippen LogP contribution in [0.15, 0.2) is 22.7 Å². The summed E-state index contributed by atoms with van der Waals surface area (Å²) in [7, 11) is 0. The number of phenolic OH excluding ortho intramolecular Hbond substituents is 1. The van der Waals surface area contributed by atoms with Crippen molar-refractivity contribution < 1.29 is 9.90 Å². The van der Waals surface area contributed by atoms with Crippen LogP contribution in [0.25, 0.3) is 0 Å². The van der Waals surface area contributed by atoms with Gasteiger partial charge in [-0.05, 0) is 38.1 Å². The van der Waals surface area contributed by atoms with E-state index in [0.717, 1.165) is 24.0 Å². The molecule has 1 saturated heterocycles. The minimum atomic E-state index is -0.241. The molecule has 1 fully saturated rings. The Labute approximate surface area is 109 Å². The third-order valence-electron chi connectivity index (χ3n) is 2.99. The predicted molar refractivity (Wildman–Crippen MR) is 69.2 cm³/mol. The third kappa shape index (κ3) is 2.79. The zero-order valence-corrected chi connectivity index (χ0v) is 11.2. The number of carbonyl (C=O) groups excluding carboxylic acids is 1. The van der Waals surface area contributed by atoms with Gasteiger partial charge >= 0.3 is 0 Å². The summed E-state index contributed by atoms with van der Waals surface area (Å²) >= 11 is 3.29. The van der Waals surface area contributed by atoms with E-state index in [4.69, 9.17) is 0 Å². The Kier molecular flexibility index (Phi) is 3.40. The van der Waals surface area contributed by atoms with Crippen molar-refractivity contribution in [2.45, 2.75) is 18.9 Å². The maximum atomic E-state index is 12.1. The Balaban J connectivity index is 2.17. The van der Waals surface area contributed by atoms with Crippen LogP contribution >= 0.6 is 15.9 Å². The second-order valence-corrected chi connectivity index (χ2v) is 5.52. The Morgan fingerprint density at radius 2 is 2.35 bits per heavy atom. The normalized spacial score (nSPS) is 23.6. The standard InChI is InChI=1S/C12H15BrN2O2/c1-12(4-5-14-7-12)15-11(17)9-6-8(13)2-3-10(9)16/h2-3,6,14,16H,4-5,7H2,1H3,(H,15,17). The van der Waals surface area contributed by atoms with Gasteiger partial charge in [0.05, 0.1) is 11.1 Å². The molecule has 0 radical (unpaired) electrons. The van der Waals surface area contributed by atoms with E-state index < -0.39 is 0 Å². The highest BCUT2D eigenvalue weighted by Gasteiger charge is 2.30. The molecule has 4 nitrogen and oxygen atoms in total. The van der Waals surface area contributed by atoms with E-state index in [0.29, 0.717) is 5.56 Å². The van der Waals surface area contributed by atoms with Crippen LogP contribution in [0, 0.1) is 0 Å². The number of nitrogens with one attached hydrogen (secondary N) is 2. The quantitative estimate of drug-likeness (QED) is 0.778. The summed E-state index contributed by atoms with van der Waals surface area (Å²) in [5.41, 5.74) is 0.0683. The van der Waals surface area contributed by atoms with Gasteiger partial charge in [0.25, 0.3) is 5.91 Å². The van der Waals surface area contributed by atoms with Gasteiger partial charge in [-0.2, -0.15) is 0 Å². The highest BCUT2D eigenvalue weighted by molar-refractivity contribution is 9.10. The lowest BCUT2D eigenvalue weighted by Crippen LogP contribution is -2.47. The van der Waals surface area contributed by atoms with E-state index in [1.54, 1.807) is 12.1 Å². The molecule has 1 amide bonds. The SMILES string of the molecule is CC1(NC(=O)c2cc(Br)ccc2O)CCNC1. The van der Waals surface area contributed by atoms with Crippen LogP contribution in [0.1, 0.15) is 23.7 Å². The van der Waals surface area contributed by atoms with Crippen molar-refractivity contribution >= 4 is 21.8 Å². The molecular formula is C12H15BrN2O2. The Morgan fingerprint density at radius 3 is 3.00 bits per heavy atom. The number of halogens is 1. The number of amides is 1. The maximum absolute atomic E-state index is 12.1. The number of aromatic hydroxyl groups is 1. The van der Waals surface area contributed by atoms with Crippen molar-refractivity contribution in [3.8, 4) is 5.75 Å². The molecule has 5 heteroatoms. The van der Waals surface area contributed by atoms with E-state index in [9.17, 15) is 9.90 Å². The van der Waals surface area contributed by atoms with Crippen molar-refractivity contribution in [1.82, 2.24) is 10.6 Å². The molecule has 1 aromatic rings. The maximum Gasteiger partial charge on any atom is 0.255 e. The molecule has 1 aromatic carbocycles. The molecule has 1 heterocycles. The lowest BCUT2D eigenvalue weighted by molar-refractivity contribution is 0.0910. The minimum absolute atomic E-state index is 0.000237. The number of phenols is 1. The summed E-state index contributed by atoms with van der Waals surface area (Å²) in [4.78, 5) is 12.1. The Morgan fingerprint density at radius 1 is 1.59 bits per heavy atom. The molecule has 0 bridgehead atoms. The first kappa shape index (κ1) is 12.4. The average Bonchev–Trinajstić information content (AvgIpc) is 2.68. The van der Waals surface area contributed by atoms with Gasteiger partial charge in [0.1, 0.15) is 5.75 Å². The second-order valence-electron chi connectivity index (χ2n) is 4.60. The van der Waals surface area contributed by atoms with Gasteiger partial charge in [-0.1, -0.05) is 15.9 Å². The lowest BCUT2D eigenvalue weighted by Gasteiger charge is -2.24. The van der Waals surface area contributed by atoms with E-state index >= 15 is 0 Å². The molecule has 17 heavy (non-hydrogen) atoms. The zero-order valence-electron chi connectivity index (χ0n) is 9.59. The van der Waals surface area contributed by atoms with Crippen molar-refractivity contribution in [3.63, 3.8) is 0 Å². The van der Waals surface area contributed by atoms with Crippen molar-refractivity contribution in [1.29, 1.82) is 0 Å². The van der Waals surface area contributed by atoms with Crippen LogP contribution in [0.2, 0.25) is 0 Å². The Bertz CT molecular complexity index is 442. The van der Waals surface area contributed by atoms with Gasteiger partial charge in [0.2, 0.25) is 0 Å². The fourth-order valence-electron chi connectivity index (χ4n) is 1.96. The summed E-state index contributed by atoms with van der Waals surface area (Å²) in [6, 6.07) is 4.83. The fourth-order valence-corrected chi connectivity index (χ4v) is 2.32. The third-order valence-corrected chi connectivity index (χ3v) is 3.48. The van der Waals surface area contributed by atoms with Gasteiger partial charge in [-0.3, -0.25) is 4.79 Å². The highest BCUT2D eigenvalue weighted by atomic mass is 79.9. The zero-order chi connectivity index (χ0) is 12.5. The molecule has 0 saturated carbocycles. The molecule has 0 spiro atoms. The monoisotopic (exact) mass is 298 g/mol. The van der Waals surface area contributed by atoms with Crippen molar-refractivity contribution in [2.24, 2.45) is 0 Å². The number of benzene rings is 1. The smallest absolute Gasteiger partial charge is 0.255 e. The van der Waals surface area contributed by atoms with E-state index in [1.807, 2.05) is 6.92 Å². The number of rotatable bonds is 2. The van der Waals surface area contributed by atoms with Crippen molar-refractivity contribution in [2.75, 3.05) is 13.1 Å². The summed E-state index contributed by atoms with van der Waals surface area (Å²) in [6.45, 7) is 3.66. The van der Waals surface area contributed by atoms with Gasteiger partial charge in [-0.25, -0.2) is 0 Å². The van der Waals surface area contributed by atoms with Crippen molar-refractivity contribution in [3.05, 3.63) is 28.2 Å². The van der Waals surface area contributed by atoms with Crippen LogP contribution in [0.5, 0.6) is 5.75 Å². The summed E-state index contributed by atoms with van der Waals surface area (Å²) in [6.07, 6.45) is 0.896. The number of hydrogen-bond acceptors (Lipinski definition) is 3. The summed E-state index contributed by atoms with van der Waals surface area (Å²) in [5.74, 6) is -0.241. The van der Waals surface area contributed by atoms with Crippen LogP contribution in [-0.4, -0.2) is 29.6 Å². The highest BCUT2D eigenvalue weighted by Crippen LogP contribution is 2.23. The van der Waals surface area contributed by atoms with Crippen LogP contribution in [0.3, 0.4) is 0 Å². The molecule has 0 aromatic heterocycles. The predicted octanol–water partition coefficient (Wildman–Crippen LogP) is 1.64. The first-order valence-electron chi connectivity index (χ1n) is 5.52. The molecular weight excluding hydrogens is 284 g/mol. The van der Waals surface area contributed by atoms with Gasteiger partial charge in [0, 0.05) is 11.0 Å². The summed E-state index contributed by atoms with van der Waals surface area (Å²) in [5, 5.41) is 15.8. The van der Waals surface area contributed by atoms with Gasteiger partial charge in [0.15, 0.2) is 0 Å². The van der Waals surface area contributed by atoms with Gasteiger partial charge < -0.3 is 15.7 Å². The molecule has 1 aliphatic rings. The number of hydrogen-bond donors (Lipinski definition) is 3. The van der Waals surface area contributed by atoms with E-state index in [1.165, 1.54) is 6.07 Å². The van der Waals surface area contributed by atoms with Gasteiger partial charge in [-0.15, -0.1) is 0 Å². The van der Waals surface area contributed by atoms with Crippen LogP contribution < -0.4 is 10.6 Å². The summed E-state index contributed by atoms with van der Waals surface area (Å²) < 4.78 is 0.773. The average molecular weight is 299 g/mol. The Hall–Kier alpha value is -1.07. The second kappa shape index (κ2) is 4.66. The first-order valence-corrected chi connectivity index (χ1v) is 6.31. The largest absolute Gasteiger partial charge is 0.507 e. The minimum Gasteiger partial charge on any atom is -0.507 e. The number of carbonyl (C=O) groups is 1. The van der Waals surface area contributed by atoms with E-state index in [2.05, 4.69) is 26.6 Å². The molecule has 1 unspecified atom stereocenters. The molecule has 1 atom stereocenters. The van der Waals surface area contributed by atoms with Crippen LogP contribution in [0.4, 0.5) is 0 Å². The fraction of sp³-hybridized carbons (Fsp3) is 0.417. The lowest BCUT2D eigenvalue weighted by atomic mass is 10.0.